The Kier molecular flexibility index (Phi) is 4.40. The van der Waals surface area contributed by atoms with Crippen LogP contribution in [0.25, 0.3) is 0 Å². The normalized spacial score (nSPS) is 41.0. The van der Waals surface area contributed by atoms with Gasteiger partial charge in [0.25, 0.3) is 0 Å². The Morgan fingerprint density at radius 3 is 2.76 bits per heavy atom. The lowest BCUT2D eigenvalue weighted by molar-refractivity contribution is -0.175. The molecule has 0 spiro atoms. The standard InChI is InChI=1S/C20H26O5/c1-6-10(2)18(22)24-13-9-20(5)14(21)8-7-11(3)16(20)17-15(13)12(4)19(23)25-17/h6,13-17,21H,3-4,7-9H2,1-2,5H3/b10-6-/t13-,14-,15+,16-,17+,20+/m1/s1. The molecule has 0 aromatic heterocycles. The third-order valence-corrected chi connectivity index (χ3v) is 6.30. The van der Waals surface area contributed by atoms with E-state index in [1.54, 1.807) is 19.9 Å². The van der Waals surface area contributed by atoms with Crippen LogP contribution >= 0.6 is 0 Å². The van der Waals surface area contributed by atoms with Crippen LogP contribution in [0.4, 0.5) is 0 Å². The van der Waals surface area contributed by atoms with Gasteiger partial charge in [0.05, 0.1) is 12.0 Å². The van der Waals surface area contributed by atoms with Crippen molar-refractivity contribution in [3.8, 4) is 0 Å². The number of rotatable bonds is 2. The number of aliphatic hydroxyl groups is 1. The molecule has 1 heterocycles. The molecule has 3 rings (SSSR count). The van der Waals surface area contributed by atoms with Crippen LogP contribution in [0.5, 0.6) is 0 Å². The lowest BCUT2D eigenvalue weighted by Crippen LogP contribution is -2.58. The summed E-state index contributed by atoms with van der Waals surface area (Å²) in [7, 11) is 0. The molecule has 1 saturated heterocycles. The molecule has 5 heteroatoms. The molecule has 6 atom stereocenters. The summed E-state index contributed by atoms with van der Waals surface area (Å²) in [5, 5.41) is 10.7. The molecular weight excluding hydrogens is 320 g/mol. The molecule has 3 fully saturated rings. The van der Waals surface area contributed by atoms with E-state index in [4.69, 9.17) is 9.47 Å². The molecule has 5 nitrogen and oxygen atoms in total. The van der Waals surface area contributed by atoms with Gasteiger partial charge in [-0.3, -0.25) is 0 Å². The number of carbonyl (C=O) groups excluding carboxylic acids is 2. The lowest BCUT2D eigenvalue weighted by atomic mass is 9.53. The van der Waals surface area contributed by atoms with Crippen LogP contribution in [-0.4, -0.2) is 35.4 Å². The largest absolute Gasteiger partial charge is 0.458 e. The van der Waals surface area contributed by atoms with E-state index in [-0.39, 0.29) is 11.8 Å². The van der Waals surface area contributed by atoms with Crippen LogP contribution in [0.15, 0.2) is 36.0 Å². The van der Waals surface area contributed by atoms with Gasteiger partial charge in [-0.25, -0.2) is 9.59 Å². The second-order valence-electron chi connectivity index (χ2n) is 7.74. The number of aliphatic hydroxyl groups excluding tert-OH is 1. The Morgan fingerprint density at radius 2 is 2.12 bits per heavy atom. The third-order valence-electron chi connectivity index (χ3n) is 6.30. The predicted molar refractivity (Wildman–Crippen MR) is 92.4 cm³/mol. The van der Waals surface area contributed by atoms with Gasteiger partial charge in [-0.2, -0.15) is 0 Å². The second-order valence-corrected chi connectivity index (χ2v) is 7.74. The summed E-state index contributed by atoms with van der Waals surface area (Å²) >= 11 is 0. The quantitative estimate of drug-likeness (QED) is 0.473. The van der Waals surface area contributed by atoms with Crippen molar-refractivity contribution in [3.63, 3.8) is 0 Å². The van der Waals surface area contributed by atoms with E-state index >= 15 is 0 Å². The average Bonchev–Trinajstić information content (AvgIpc) is 2.85. The molecule has 3 aliphatic rings. The van der Waals surface area contributed by atoms with E-state index in [9.17, 15) is 14.7 Å². The Bertz CT molecular complexity index is 676. The number of allylic oxidation sites excluding steroid dienone is 1. The second kappa shape index (κ2) is 6.13. The fraction of sp³-hybridized carbons (Fsp3) is 0.600. The molecule has 1 N–H and O–H groups in total. The minimum Gasteiger partial charge on any atom is -0.458 e. The first-order valence-electron chi connectivity index (χ1n) is 8.80. The average molecular weight is 346 g/mol. The van der Waals surface area contributed by atoms with E-state index < -0.39 is 35.7 Å². The number of fused-ring (bicyclic) bond motifs is 3. The van der Waals surface area contributed by atoms with Crippen molar-refractivity contribution < 1.29 is 24.2 Å². The molecule has 0 aromatic carbocycles. The highest BCUT2D eigenvalue weighted by Crippen LogP contribution is 2.57. The highest BCUT2D eigenvalue weighted by atomic mass is 16.6. The van der Waals surface area contributed by atoms with E-state index in [0.29, 0.717) is 30.4 Å². The smallest absolute Gasteiger partial charge is 0.334 e. The van der Waals surface area contributed by atoms with Gasteiger partial charge in [-0.05, 0) is 33.1 Å². The van der Waals surface area contributed by atoms with Gasteiger partial charge < -0.3 is 14.6 Å². The minimum absolute atomic E-state index is 0.151. The van der Waals surface area contributed by atoms with Crippen molar-refractivity contribution in [2.75, 3.05) is 0 Å². The summed E-state index contributed by atoms with van der Waals surface area (Å²) in [5.41, 5.74) is 1.29. The van der Waals surface area contributed by atoms with Crippen molar-refractivity contribution in [2.24, 2.45) is 17.3 Å². The lowest BCUT2D eigenvalue weighted by Gasteiger charge is -2.54. The maximum Gasteiger partial charge on any atom is 0.334 e. The summed E-state index contributed by atoms with van der Waals surface area (Å²) in [6.07, 6.45) is 1.88. The molecule has 2 aliphatic carbocycles. The summed E-state index contributed by atoms with van der Waals surface area (Å²) in [5.74, 6) is -1.40. The van der Waals surface area contributed by atoms with E-state index in [2.05, 4.69) is 13.2 Å². The number of hydrogen-bond acceptors (Lipinski definition) is 5. The van der Waals surface area contributed by atoms with E-state index in [0.717, 1.165) is 5.57 Å². The third kappa shape index (κ3) is 2.65. The van der Waals surface area contributed by atoms with Gasteiger partial charge in [-0.1, -0.05) is 31.7 Å². The molecule has 0 radical (unpaired) electrons. The van der Waals surface area contributed by atoms with Crippen molar-refractivity contribution >= 4 is 11.9 Å². The molecule has 136 valence electrons. The highest BCUT2D eigenvalue weighted by Gasteiger charge is 2.62. The number of ether oxygens (including phenoxy) is 2. The van der Waals surface area contributed by atoms with Crippen LogP contribution in [0.3, 0.4) is 0 Å². The molecule has 0 aromatic rings. The summed E-state index contributed by atoms with van der Waals surface area (Å²) in [6.45, 7) is 13.5. The van der Waals surface area contributed by atoms with Gasteiger partial charge in [0, 0.05) is 22.5 Å². The first-order valence-corrected chi connectivity index (χ1v) is 8.80. The first kappa shape index (κ1) is 17.9. The molecule has 0 bridgehead atoms. The summed E-state index contributed by atoms with van der Waals surface area (Å²) in [4.78, 5) is 24.5. The van der Waals surface area contributed by atoms with Gasteiger partial charge in [-0.15, -0.1) is 0 Å². The van der Waals surface area contributed by atoms with E-state index in [1.807, 2.05) is 6.92 Å². The Labute approximate surface area is 148 Å². The Hall–Kier alpha value is -1.88. The minimum atomic E-state index is -0.555. The van der Waals surface area contributed by atoms with Gasteiger partial charge in [0.2, 0.25) is 0 Å². The van der Waals surface area contributed by atoms with Gasteiger partial charge in [0.15, 0.2) is 0 Å². The number of hydrogen-bond donors (Lipinski definition) is 1. The monoisotopic (exact) mass is 346 g/mol. The molecular formula is C20H26O5. The molecule has 25 heavy (non-hydrogen) atoms. The van der Waals surface area contributed by atoms with Crippen molar-refractivity contribution in [2.45, 2.75) is 58.3 Å². The topological polar surface area (TPSA) is 72.8 Å². The van der Waals surface area contributed by atoms with Crippen LogP contribution in [-0.2, 0) is 19.1 Å². The highest BCUT2D eigenvalue weighted by molar-refractivity contribution is 5.92. The van der Waals surface area contributed by atoms with Crippen molar-refractivity contribution in [1.29, 1.82) is 0 Å². The van der Waals surface area contributed by atoms with Gasteiger partial charge in [0.1, 0.15) is 12.2 Å². The zero-order chi connectivity index (χ0) is 18.5. The summed E-state index contributed by atoms with van der Waals surface area (Å²) < 4.78 is 11.3. The molecule has 2 saturated carbocycles. The van der Waals surface area contributed by atoms with E-state index in [1.165, 1.54) is 0 Å². The molecule has 1 aliphatic heterocycles. The van der Waals surface area contributed by atoms with Crippen LogP contribution in [0.2, 0.25) is 0 Å². The van der Waals surface area contributed by atoms with Crippen molar-refractivity contribution in [1.82, 2.24) is 0 Å². The first-order chi connectivity index (χ1) is 11.7. The molecule has 0 unspecified atom stereocenters. The number of esters is 2. The van der Waals surface area contributed by atoms with Crippen molar-refractivity contribution in [3.05, 3.63) is 36.0 Å². The predicted octanol–water partition coefficient (Wildman–Crippen LogP) is 2.70. The zero-order valence-corrected chi connectivity index (χ0v) is 15.1. The zero-order valence-electron chi connectivity index (χ0n) is 15.1. The summed E-state index contributed by atoms with van der Waals surface area (Å²) in [6, 6.07) is 0. The fourth-order valence-electron chi connectivity index (χ4n) is 4.69. The van der Waals surface area contributed by atoms with Crippen LogP contribution in [0.1, 0.15) is 40.0 Å². The SMILES string of the molecule is C=C1C(=O)O[C@H]2[C@@H]1[C@H](OC(=O)/C(C)=C\C)C[C@@]1(C)[C@H](O)CCC(=C)[C@H]21. The number of carbonyl (C=O) groups is 2. The maximum atomic E-state index is 12.3. The fourth-order valence-corrected chi connectivity index (χ4v) is 4.69. The Morgan fingerprint density at radius 1 is 1.44 bits per heavy atom. The molecule has 0 amide bonds. The maximum absolute atomic E-state index is 12.3. The van der Waals surface area contributed by atoms with Crippen LogP contribution in [0, 0.1) is 17.3 Å². The van der Waals surface area contributed by atoms with Crippen LogP contribution < -0.4 is 0 Å². The Balaban J connectivity index is 1.99. The van der Waals surface area contributed by atoms with Gasteiger partial charge >= 0.3 is 11.9 Å².